The molecule has 0 fully saturated rings. The van der Waals surface area contributed by atoms with E-state index in [2.05, 4.69) is 10.3 Å². The van der Waals surface area contributed by atoms with Crippen molar-refractivity contribution >= 4 is 5.91 Å². The molecule has 4 nitrogen and oxygen atoms in total. The van der Waals surface area contributed by atoms with Gasteiger partial charge in [0, 0.05) is 18.0 Å². The van der Waals surface area contributed by atoms with Crippen LogP contribution in [0.1, 0.15) is 34.5 Å². The minimum Gasteiger partial charge on any atom is -0.346 e. The van der Waals surface area contributed by atoms with Gasteiger partial charge in [-0.1, -0.05) is 0 Å². The van der Waals surface area contributed by atoms with Crippen molar-refractivity contribution in [3.05, 3.63) is 65.5 Å². The van der Waals surface area contributed by atoms with E-state index in [1.165, 1.54) is 0 Å². The first-order valence-electron chi connectivity index (χ1n) is 5.91. The number of pyridine rings is 1. The molecular weight excluding hydrogens is 238 g/mol. The Morgan fingerprint density at radius 3 is 2.42 bits per heavy atom. The summed E-state index contributed by atoms with van der Waals surface area (Å²) in [7, 11) is 0. The lowest BCUT2D eigenvalue weighted by atomic mass is 10.1. The van der Waals surface area contributed by atoms with Gasteiger partial charge in [0.2, 0.25) is 0 Å². The first kappa shape index (κ1) is 12.8. The van der Waals surface area contributed by atoms with E-state index in [9.17, 15) is 4.79 Å². The predicted molar refractivity (Wildman–Crippen MR) is 71.3 cm³/mol. The number of rotatable bonds is 3. The molecule has 0 unspecified atom stereocenters. The Labute approximate surface area is 111 Å². The van der Waals surface area contributed by atoms with E-state index >= 15 is 0 Å². The topological polar surface area (TPSA) is 65.8 Å². The molecule has 0 saturated heterocycles. The lowest BCUT2D eigenvalue weighted by molar-refractivity contribution is 0.0940. The monoisotopic (exact) mass is 251 g/mol. The van der Waals surface area contributed by atoms with E-state index in [1.54, 1.807) is 36.7 Å². The van der Waals surface area contributed by atoms with E-state index in [0.29, 0.717) is 11.1 Å². The Hall–Kier alpha value is -2.67. The van der Waals surface area contributed by atoms with Crippen LogP contribution in [0.3, 0.4) is 0 Å². The van der Waals surface area contributed by atoms with Crippen LogP contribution >= 0.6 is 0 Å². The Morgan fingerprint density at radius 1 is 1.21 bits per heavy atom. The van der Waals surface area contributed by atoms with Gasteiger partial charge in [0.1, 0.15) is 0 Å². The van der Waals surface area contributed by atoms with Gasteiger partial charge in [-0.2, -0.15) is 5.26 Å². The van der Waals surface area contributed by atoms with Crippen molar-refractivity contribution in [3.8, 4) is 6.07 Å². The Kier molecular flexibility index (Phi) is 3.89. The number of carbonyl (C=O) groups is 1. The Bertz CT molecular complexity index is 600. The summed E-state index contributed by atoms with van der Waals surface area (Å²) in [6.07, 6.45) is 3.39. The van der Waals surface area contributed by atoms with Gasteiger partial charge in [0.25, 0.3) is 5.91 Å². The molecule has 1 heterocycles. The van der Waals surface area contributed by atoms with E-state index in [4.69, 9.17) is 5.26 Å². The number of nitrogens with zero attached hydrogens (tertiary/aromatic N) is 2. The molecule has 0 spiro atoms. The first-order valence-corrected chi connectivity index (χ1v) is 5.91. The predicted octanol–water partition coefficient (Wildman–Crippen LogP) is 2.44. The number of nitriles is 1. The molecule has 1 aromatic heterocycles. The van der Waals surface area contributed by atoms with Crippen LogP contribution in [-0.2, 0) is 0 Å². The molecule has 0 aliphatic carbocycles. The average Bonchev–Trinajstić information content (AvgIpc) is 2.48. The van der Waals surface area contributed by atoms with Gasteiger partial charge in [-0.05, 0) is 48.9 Å². The quantitative estimate of drug-likeness (QED) is 0.911. The fraction of sp³-hybridized carbons (Fsp3) is 0.133. The van der Waals surface area contributed by atoms with Crippen molar-refractivity contribution in [1.82, 2.24) is 10.3 Å². The van der Waals surface area contributed by atoms with Crippen LogP contribution in [0, 0.1) is 11.3 Å². The molecule has 2 aromatic rings. The summed E-state index contributed by atoms with van der Waals surface area (Å²) in [5.41, 5.74) is 2.08. The van der Waals surface area contributed by atoms with E-state index < -0.39 is 0 Å². The molecule has 2 rings (SSSR count). The third-order valence-electron chi connectivity index (χ3n) is 2.83. The standard InChI is InChI=1S/C15H13N3O/c1-11(13-6-8-17-9-7-13)18-15(19)14-4-2-12(10-16)3-5-14/h2-9,11H,1H3,(H,18,19)/t11-/m0/s1. The van der Waals surface area contributed by atoms with Crippen molar-refractivity contribution in [2.45, 2.75) is 13.0 Å². The summed E-state index contributed by atoms with van der Waals surface area (Å²) < 4.78 is 0. The molecule has 1 aromatic carbocycles. The highest BCUT2D eigenvalue weighted by molar-refractivity contribution is 5.94. The summed E-state index contributed by atoms with van der Waals surface area (Å²) >= 11 is 0. The van der Waals surface area contributed by atoms with Gasteiger partial charge in [-0.15, -0.1) is 0 Å². The zero-order chi connectivity index (χ0) is 13.7. The molecule has 0 aliphatic heterocycles. The van der Waals surface area contributed by atoms with Crippen LogP contribution in [0.25, 0.3) is 0 Å². The van der Waals surface area contributed by atoms with Crippen LogP contribution in [0.4, 0.5) is 0 Å². The number of carbonyl (C=O) groups excluding carboxylic acids is 1. The molecule has 0 saturated carbocycles. The number of aromatic nitrogens is 1. The second-order valence-electron chi connectivity index (χ2n) is 4.16. The fourth-order valence-electron chi connectivity index (χ4n) is 1.71. The number of hydrogen-bond donors (Lipinski definition) is 1. The lowest BCUT2D eigenvalue weighted by Crippen LogP contribution is -2.26. The van der Waals surface area contributed by atoms with Crippen molar-refractivity contribution in [2.24, 2.45) is 0 Å². The highest BCUT2D eigenvalue weighted by Gasteiger charge is 2.10. The SMILES string of the molecule is C[C@H](NC(=O)c1ccc(C#N)cc1)c1ccncc1. The van der Waals surface area contributed by atoms with Gasteiger partial charge in [-0.25, -0.2) is 0 Å². The lowest BCUT2D eigenvalue weighted by Gasteiger charge is -2.14. The Morgan fingerprint density at radius 2 is 1.84 bits per heavy atom. The van der Waals surface area contributed by atoms with Crippen molar-refractivity contribution in [1.29, 1.82) is 5.26 Å². The third-order valence-corrected chi connectivity index (χ3v) is 2.83. The van der Waals surface area contributed by atoms with E-state index in [-0.39, 0.29) is 11.9 Å². The maximum Gasteiger partial charge on any atom is 0.251 e. The highest BCUT2D eigenvalue weighted by Crippen LogP contribution is 2.12. The minimum absolute atomic E-state index is 0.0915. The van der Waals surface area contributed by atoms with Crippen LogP contribution in [0.15, 0.2) is 48.8 Å². The van der Waals surface area contributed by atoms with Gasteiger partial charge in [0.15, 0.2) is 0 Å². The molecule has 0 aliphatic rings. The largest absolute Gasteiger partial charge is 0.346 e. The summed E-state index contributed by atoms with van der Waals surface area (Å²) in [5.74, 6) is -0.159. The molecule has 1 atom stereocenters. The van der Waals surface area contributed by atoms with Gasteiger partial charge >= 0.3 is 0 Å². The van der Waals surface area contributed by atoms with Crippen molar-refractivity contribution in [2.75, 3.05) is 0 Å². The molecule has 0 radical (unpaired) electrons. The summed E-state index contributed by atoms with van der Waals surface area (Å²) in [6, 6.07) is 12.2. The molecule has 1 amide bonds. The molecule has 4 heteroatoms. The summed E-state index contributed by atoms with van der Waals surface area (Å²) in [4.78, 5) is 16.0. The number of nitrogens with one attached hydrogen (secondary N) is 1. The molecule has 19 heavy (non-hydrogen) atoms. The van der Waals surface area contributed by atoms with Gasteiger partial charge < -0.3 is 5.32 Å². The maximum atomic E-state index is 12.0. The number of hydrogen-bond acceptors (Lipinski definition) is 3. The van der Waals surface area contributed by atoms with E-state index in [1.807, 2.05) is 25.1 Å². The third kappa shape index (κ3) is 3.17. The molecule has 94 valence electrons. The van der Waals surface area contributed by atoms with E-state index in [0.717, 1.165) is 5.56 Å². The molecular formula is C15H13N3O. The van der Waals surface area contributed by atoms with Crippen molar-refractivity contribution < 1.29 is 4.79 Å². The first-order chi connectivity index (χ1) is 9.20. The minimum atomic E-state index is -0.159. The molecule has 1 N–H and O–H groups in total. The zero-order valence-corrected chi connectivity index (χ0v) is 10.5. The summed E-state index contributed by atoms with van der Waals surface area (Å²) in [5, 5.41) is 11.6. The highest BCUT2D eigenvalue weighted by atomic mass is 16.1. The molecule has 0 bridgehead atoms. The maximum absolute atomic E-state index is 12.0. The average molecular weight is 251 g/mol. The summed E-state index contributed by atoms with van der Waals surface area (Å²) in [6.45, 7) is 1.91. The van der Waals surface area contributed by atoms with Gasteiger partial charge in [0.05, 0.1) is 17.7 Å². The van der Waals surface area contributed by atoms with Crippen LogP contribution < -0.4 is 5.32 Å². The van der Waals surface area contributed by atoms with Crippen LogP contribution in [0.2, 0.25) is 0 Å². The fourth-order valence-corrected chi connectivity index (χ4v) is 1.71. The van der Waals surface area contributed by atoms with Crippen molar-refractivity contribution in [3.63, 3.8) is 0 Å². The normalized spacial score (nSPS) is 11.4. The Balaban J connectivity index is 2.06. The smallest absolute Gasteiger partial charge is 0.251 e. The van der Waals surface area contributed by atoms with Gasteiger partial charge in [-0.3, -0.25) is 9.78 Å². The van der Waals surface area contributed by atoms with Crippen LogP contribution in [-0.4, -0.2) is 10.9 Å². The second-order valence-corrected chi connectivity index (χ2v) is 4.16. The van der Waals surface area contributed by atoms with Crippen LogP contribution in [0.5, 0.6) is 0 Å². The number of benzene rings is 1. The second kappa shape index (κ2) is 5.78. The zero-order valence-electron chi connectivity index (χ0n) is 10.5. The number of amides is 1.